The molecule has 8 heteroatoms. The summed E-state index contributed by atoms with van der Waals surface area (Å²) in [6, 6.07) is 6.98. The first-order chi connectivity index (χ1) is 12.2. The van der Waals surface area contributed by atoms with Gasteiger partial charge in [-0.15, -0.1) is 5.10 Å². The summed E-state index contributed by atoms with van der Waals surface area (Å²) in [6.45, 7) is 3.84. The number of amides is 1. The van der Waals surface area contributed by atoms with Crippen LogP contribution in [0, 0.1) is 0 Å². The summed E-state index contributed by atoms with van der Waals surface area (Å²) >= 11 is 0. The number of carbonyl (C=O) groups excluding carboxylic acids is 1. The van der Waals surface area contributed by atoms with Gasteiger partial charge >= 0.3 is 12.2 Å². The Bertz CT molecular complexity index is 680. The number of nitrogens with one attached hydrogen (secondary N) is 1. The Balaban J connectivity index is 1.40. The topological polar surface area (TPSA) is 107 Å². The Morgan fingerprint density at radius 3 is 2.72 bits per heavy atom. The molecule has 1 amide bonds. The SMILES string of the molecule is Nc1ccc(-c2nnc(OC(=O)NCCCN3CCCCC3)o2)cc1. The van der Waals surface area contributed by atoms with Crippen molar-refractivity contribution in [3.8, 4) is 17.5 Å². The number of carbonyl (C=O) groups is 1. The monoisotopic (exact) mass is 345 g/mol. The number of nitrogens with zero attached hydrogens (tertiary/aromatic N) is 3. The minimum atomic E-state index is -0.592. The predicted octanol–water partition coefficient (Wildman–Crippen LogP) is 2.28. The molecule has 1 aromatic carbocycles. The van der Waals surface area contributed by atoms with Crippen LogP contribution in [0.5, 0.6) is 6.08 Å². The summed E-state index contributed by atoms with van der Waals surface area (Å²) in [5, 5.41) is 10.3. The number of piperidine rings is 1. The molecule has 2 heterocycles. The van der Waals surface area contributed by atoms with Crippen LogP contribution in [0.1, 0.15) is 25.7 Å². The van der Waals surface area contributed by atoms with Crippen molar-refractivity contribution in [2.75, 3.05) is 31.9 Å². The second-order valence-corrected chi connectivity index (χ2v) is 6.07. The molecule has 1 aliphatic rings. The normalized spacial score (nSPS) is 15.0. The number of anilines is 1. The molecule has 8 nitrogen and oxygen atoms in total. The largest absolute Gasteiger partial charge is 0.424 e. The van der Waals surface area contributed by atoms with Gasteiger partial charge in [0.1, 0.15) is 0 Å². The van der Waals surface area contributed by atoms with E-state index in [2.05, 4.69) is 20.4 Å². The molecule has 0 aliphatic carbocycles. The van der Waals surface area contributed by atoms with E-state index in [0.717, 1.165) is 26.1 Å². The van der Waals surface area contributed by atoms with E-state index in [1.807, 2.05) is 0 Å². The van der Waals surface area contributed by atoms with Gasteiger partial charge in [-0.2, -0.15) is 0 Å². The lowest BCUT2D eigenvalue weighted by atomic mass is 10.1. The standard InChI is InChI=1S/C17H23N5O3/c18-14-7-5-13(6-8-14)15-20-21-17(24-15)25-16(23)19-9-4-12-22-10-2-1-3-11-22/h5-8H,1-4,9-12,18H2,(H,19,23). The average Bonchev–Trinajstić information content (AvgIpc) is 3.09. The lowest BCUT2D eigenvalue weighted by Crippen LogP contribution is -2.34. The predicted molar refractivity (Wildman–Crippen MR) is 93.1 cm³/mol. The van der Waals surface area contributed by atoms with Crippen LogP contribution < -0.4 is 15.8 Å². The minimum absolute atomic E-state index is 0.180. The van der Waals surface area contributed by atoms with Crippen LogP contribution in [-0.4, -0.2) is 47.4 Å². The third-order valence-corrected chi connectivity index (χ3v) is 4.11. The molecule has 0 atom stereocenters. The second kappa shape index (κ2) is 8.48. The molecule has 0 bridgehead atoms. The van der Waals surface area contributed by atoms with Crippen molar-refractivity contribution in [1.29, 1.82) is 0 Å². The van der Waals surface area contributed by atoms with Crippen molar-refractivity contribution < 1.29 is 13.9 Å². The number of aromatic nitrogens is 2. The quantitative estimate of drug-likeness (QED) is 0.611. The Hall–Kier alpha value is -2.61. The van der Waals surface area contributed by atoms with Gasteiger partial charge in [-0.1, -0.05) is 11.5 Å². The van der Waals surface area contributed by atoms with E-state index in [0.29, 0.717) is 17.8 Å². The minimum Gasteiger partial charge on any atom is -0.399 e. The number of nitrogen functional groups attached to an aromatic ring is 1. The van der Waals surface area contributed by atoms with Crippen LogP contribution in [-0.2, 0) is 0 Å². The number of rotatable bonds is 6. The van der Waals surface area contributed by atoms with E-state index in [-0.39, 0.29) is 12.0 Å². The van der Waals surface area contributed by atoms with Gasteiger partial charge in [0.15, 0.2) is 0 Å². The zero-order valence-corrected chi connectivity index (χ0v) is 14.1. The zero-order chi connectivity index (χ0) is 17.5. The third kappa shape index (κ3) is 5.18. The van der Waals surface area contributed by atoms with Crippen LogP contribution in [0.3, 0.4) is 0 Å². The Morgan fingerprint density at radius 2 is 1.96 bits per heavy atom. The fourth-order valence-electron chi connectivity index (χ4n) is 2.78. The molecule has 2 aromatic rings. The smallest absolute Gasteiger partial charge is 0.399 e. The van der Waals surface area contributed by atoms with Crippen LogP contribution in [0.2, 0.25) is 0 Å². The molecule has 3 rings (SSSR count). The highest BCUT2D eigenvalue weighted by Crippen LogP contribution is 2.21. The Kier molecular flexibility index (Phi) is 5.84. The molecule has 0 unspecified atom stereocenters. The van der Waals surface area contributed by atoms with Crippen molar-refractivity contribution in [3.05, 3.63) is 24.3 Å². The fraction of sp³-hybridized carbons (Fsp3) is 0.471. The summed E-state index contributed by atoms with van der Waals surface area (Å²) in [7, 11) is 0. The van der Waals surface area contributed by atoms with E-state index in [9.17, 15) is 4.79 Å². The zero-order valence-electron chi connectivity index (χ0n) is 14.1. The van der Waals surface area contributed by atoms with Crippen LogP contribution in [0.15, 0.2) is 28.7 Å². The molecule has 25 heavy (non-hydrogen) atoms. The number of nitrogens with two attached hydrogens (primary N) is 1. The van der Waals surface area contributed by atoms with Gasteiger partial charge < -0.3 is 25.1 Å². The molecule has 1 aliphatic heterocycles. The van der Waals surface area contributed by atoms with Crippen molar-refractivity contribution >= 4 is 11.8 Å². The molecular formula is C17H23N5O3. The Morgan fingerprint density at radius 1 is 1.20 bits per heavy atom. The number of hydrogen-bond donors (Lipinski definition) is 2. The maximum atomic E-state index is 11.8. The average molecular weight is 345 g/mol. The first-order valence-corrected chi connectivity index (χ1v) is 8.58. The van der Waals surface area contributed by atoms with E-state index >= 15 is 0 Å². The van der Waals surface area contributed by atoms with E-state index in [1.54, 1.807) is 24.3 Å². The van der Waals surface area contributed by atoms with Gasteiger partial charge in [0.25, 0.3) is 5.89 Å². The van der Waals surface area contributed by atoms with Gasteiger partial charge in [0.2, 0.25) is 0 Å². The first kappa shape index (κ1) is 17.2. The molecule has 0 radical (unpaired) electrons. The fourth-order valence-corrected chi connectivity index (χ4v) is 2.78. The molecule has 134 valence electrons. The van der Waals surface area contributed by atoms with Crippen molar-refractivity contribution in [2.45, 2.75) is 25.7 Å². The van der Waals surface area contributed by atoms with E-state index in [4.69, 9.17) is 14.9 Å². The summed E-state index contributed by atoms with van der Waals surface area (Å²) in [6.07, 6.45) is 3.97. The van der Waals surface area contributed by atoms with Gasteiger partial charge in [-0.3, -0.25) is 0 Å². The summed E-state index contributed by atoms with van der Waals surface area (Å²) < 4.78 is 10.3. The number of ether oxygens (including phenoxy) is 1. The molecule has 1 fully saturated rings. The summed E-state index contributed by atoms with van der Waals surface area (Å²) in [5.41, 5.74) is 6.98. The lowest BCUT2D eigenvalue weighted by molar-refractivity contribution is 0.182. The van der Waals surface area contributed by atoms with Crippen LogP contribution in [0.4, 0.5) is 10.5 Å². The first-order valence-electron chi connectivity index (χ1n) is 8.58. The summed E-state index contributed by atoms with van der Waals surface area (Å²) in [5.74, 6) is 0.271. The van der Waals surface area contributed by atoms with E-state index < -0.39 is 6.09 Å². The lowest BCUT2D eigenvalue weighted by Gasteiger charge is -2.26. The molecule has 0 saturated carbocycles. The molecule has 1 saturated heterocycles. The van der Waals surface area contributed by atoms with Gasteiger partial charge in [-0.25, -0.2) is 4.79 Å². The van der Waals surface area contributed by atoms with Gasteiger partial charge in [0, 0.05) is 17.8 Å². The van der Waals surface area contributed by atoms with Crippen molar-refractivity contribution in [1.82, 2.24) is 20.4 Å². The van der Waals surface area contributed by atoms with E-state index in [1.165, 1.54) is 19.3 Å². The van der Waals surface area contributed by atoms with Gasteiger partial charge in [-0.05, 0) is 63.2 Å². The van der Waals surface area contributed by atoms with Crippen molar-refractivity contribution in [3.63, 3.8) is 0 Å². The number of benzene rings is 1. The van der Waals surface area contributed by atoms with Crippen LogP contribution >= 0.6 is 0 Å². The number of hydrogen-bond acceptors (Lipinski definition) is 7. The number of likely N-dealkylation sites (tertiary alicyclic amines) is 1. The molecule has 0 spiro atoms. The molecule has 1 aromatic heterocycles. The maximum Gasteiger partial charge on any atom is 0.424 e. The second-order valence-electron chi connectivity index (χ2n) is 6.07. The van der Waals surface area contributed by atoms with Crippen molar-refractivity contribution in [2.24, 2.45) is 0 Å². The third-order valence-electron chi connectivity index (χ3n) is 4.11. The highest BCUT2D eigenvalue weighted by Gasteiger charge is 2.14. The summed E-state index contributed by atoms with van der Waals surface area (Å²) in [4.78, 5) is 14.2. The highest BCUT2D eigenvalue weighted by molar-refractivity contribution is 5.69. The van der Waals surface area contributed by atoms with Gasteiger partial charge in [0.05, 0.1) is 0 Å². The maximum absolute atomic E-state index is 11.8. The van der Waals surface area contributed by atoms with Crippen LogP contribution in [0.25, 0.3) is 11.5 Å². The Labute approximate surface area is 146 Å². The molecule has 3 N–H and O–H groups in total. The molecular weight excluding hydrogens is 322 g/mol. The highest BCUT2D eigenvalue weighted by atomic mass is 16.6.